The smallest absolute Gasteiger partial charge is 0.237 e. The Labute approximate surface area is 122 Å². The van der Waals surface area contributed by atoms with E-state index in [9.17, 15) is 9.90 Å². The van der Waals surface area contributed by atoms with E-state index in [4.69, 9.17) is 4.74 Å². The van der Waals surface area contributed by atoms with Crippen molar-refractivity contribution in [1.82, 2.24) is 10.2 Å². The Morgan fingerprint density at radius 1 is 1.55 bits per heavy atom. The summed E-state index contributed by atoms with van der Waals surface area (Å²) >= 11 is 0. The third-order valence-corrected chi connectivity index (χ3v) is 3.98. The maximum absolute atomic E-state index is 12.4. The van der Waals surface area contributed by atoms with Crippen LogP contribution in [0.25, 0.3) is 0 Å². The highest BCUT2D eigenvalue weighted by Crippen LogP contribution is 2.22. The van der Waals surface area contributed by atoms with Crippen LogP contribution < -0.4 is 5.32 Å². The second kappa shape index (κ2) is 6.41. The zero-order valence-corrected chi connectivity index (χ0v) is 13.7. The van der Waals surface area contributed by atoms with Crippen molar-refractivity contribution in [1.29, 1.82) is 0 Å². The number of aliphatic hydroxyl groups is 1. The minimum atomic E-state index is -0.347. The van der Waals surface area contributed by atoms with Crippen molar-refractivity contribution in [2.45, 2.75) is 71.2 Å². The van der Waals surface area contributed by atoms with Gasteiger partial charge in [0.05, 0.1) is 24.4 Å². The van der Waals surface area contributed by atoms with E-state index < -0.39 is 0 Å². The molecule has 1 aliphatic rings. The molecule has 1 aliphatic heterocycles. The molecule has 1 rings (SSSR count). The van der Waals surface area contributed by atoms with E-state index in [-0.39, 0.29) is 35.8 Å². The van der Waals surface area contributed by atoms with E-state index in [2.05, 4.69) is 17.1 Å². The first-order chi connectivity index (χ1) is 9.10. The molecule has 0 aromatic rings. The lowest BCUT2D eigenvalue weighted by molar-refractivity contribution is -0.161. The summed E-state index contributed by atoms with van der Waals surface area (Å²) in [4.78, 5) is 14.5. The van der Waals surface area contributed by atoms with Crippen LogP contribution in [0, 0.1) is 0 Å². The van der Waals surface area contributed by atoms with Gasteiger partial charge < -0.3 is 15.2 Å². The highest BCUT2D eigenvalue weighted by Gasteiger charge is 2.37. The van der Waals surface area contributed by atoms with Crippen LogP contribution in [0.1, 0.15) is 48.0 Å². The number of nitrogens with zero attached hydrogens (tertiary/aromatic N) is 1. The van der Waals surface area contributed by atoms with Crippen LogP contribution in [0.5, 0.6) is 0 Å². The summed E-state index contributed by atoms with van der Waals surface area (Å²) in [6.07, 6.45) is 0.660. The van der Waals surface area contributed by atoms with Crippen LogP contribution >= 0.6 is 0 Å². The third kappa shape index (κ3) is 4.72. The Kier molecular flexibility index (Phi) is 5.58. The lowest BCUT2D eigenvalue weighted by Gasteiger charge is -2.44. The van der Waals surface area contributed by atoms with Gasteiger partial charge in [-0.15, -0.1) is 0 Å². The van der Waals surface area contributed by atoms with Crippen LogP contribution in [-0.2, 0) is 9.53 Å². The fourth-order valence-corrected chi connectivity index (χ4v) is 2.42. The molecule has 2 N–H and O–H groups in total. The Hall–Kier alpha value is -0.650. The first kappa shape index (κ1) is 17.4. The monoisotopic (exact) mass is 286 g/mol. The fourth-order valence-electron chi connectivity index (χ4n) is 2.42. The lowest BCUT2D eigenvalue weighted by atomic mass is 10.00. The van der Waals surface area contributed by atoms with E-state index in [1.54, 1.807) is 0 Å². The van der Waals surface area contributed by atoms with Crippen molar-refractivity contribution < 1.29 is 14.6 Å². The summed E-state index contributed by atoms with van der Waals surface area (Å²) in [5.74, 6) is 0.0336. The Morgan fingerprint density at radius 2 is 2.15 bits per heavy atom. The maximum atomic E-state index is 12.4. The lowest BCUT2D eigenvalue weighted by Crippen LogP contribution is -2.60. The maximum Gasteiger partial charge on any atom is 0.237 e. The molecule has 1 amide bonds. The quantitative estimate of drug-likeness (QED) is 0.796. The summed E-state index contributed by atoms with van der Waals surface area (Å²) in [6, 6.07) is -0.224. The average molecular weight is 286 g/mol. The second-order valence-corrected chi connectivity index (χ2v) is 7.01. The summed E-state index contributed by atoms with van der Waals surface area (Å²) in [5.41, 5.74) is -0.538. The van der Waals surface area contributed by atoms with Crippen molar-refractivity contribution in [2.24, 2.45) is 0 Å². The van der Waals surface area contributed by atoms with Gasteiger partial charge in [0.25, 0.3) is 0 Å². The van der Waals surface area contributed by atoms with Crippen molar-refractivity contribution in [3.63, 3.8) is 0 Å². The second-order valence-electron chi connectivity index (χ2n) is 7.01. The Bertz CT molecular complexity index is 342. The van der Waals surface area contributed by atoms with Gasteiger partial charge in [-0.05, 0) is 41.0 Å². The normalized spacial score (nSPS) is 25.2. The van der Waals surface area contributed by atoms with Crippen molar-refractivity contribution in [3.8, 4) is 0 Å². The number of morpholine rings is 1. The molecule has 1 fully saturated rings. The van der Waals surface area contributed by atoms with E-state index in [0.717, 1.165) is 6.42 Å². The number of hydrogen-bond acceptors (Lipinski definition) is 4. The van der Waals surface area contributed by atoms with Gasteiger partial charge in [-0.25, -0.2) is 0 Å². The number of ether oxygens (including phenoxy) is 1. The molecule has 5 nitrogen and oxygen atoms in total. The van der Waals surface area contributed by atoms with Crippen molar-refractivity contribution in [2.75, 3.05) is 19.7 Å². The van der Waals surface area contributed by atoms with Crippen LogP contribution in [-0.4, -0.2) is 58.9 Å². The fraction of sp³-hybridized carbons (Fsp3) is 0.933. The zero-order valence-electron chi connectivity index (χ0n) is 13.7. The molecule has 5 heteroatoms. The summed E-state index contributed by atoms with van der Waals surface area (Å²) in [7, 11) is 0. The molecule has 0 spiro atoms. The summed E-state index contributed by atoms with van der Waals surface area (Å²) in [6.45, 7) is 13.3. The summed E-state index contributed by atoms with van der Waals surface area (Å²) < 4.78 is 5.78. The molecule has 1 heterocycles. The standard InChI is InChI=1S/C15H30N2O3/c1-7-14(3,4)16-13(19)11(2)17-8-12(9-18)20-15(5,6)10-17/h11-12,18H,7-10H2,1-6H3,(H,16,19). The number of carbonyl (C=O) groups is 1. The van der Waals surface area contributed by atoms with E-state index in [1.807, 2.05) is 34.6 Å². The van der Waals surface area contributed by atoms with Crippen molar-refractivity contribution in [3.05, 3.63) is 0 Å². The molecule has 20 heavy (non-hydrogen) atoms. The molecule has 0 bridgehead atoms. The van der Waals surface area contributed by atoms with Crippen LogP contribution in [0.15, 0.2) is 0 Å². The minimum Gasteiger partial charge on any atom is -0.394 e. The molecule has 0 radical (unpaired) electrons. The van der Waals surface area contributed by atoms with Crippen LogP contribution in [0.2, 0.25) is 0 Å². The molecule has 118 valence electrons. The topological polar surface area (TPSA) is 61.8 Å². The number of rotatable bonds is 5. The van der Waals surface area contributed by atoms with Crippen molar-refractivity contribution >= 4 is 5.91 Å². The Balaban J connectivity index is 2.70. The number of amides is 1. The van der Waals surface area contributed by atoms with Crippen LogP contribution in [0.4, 0.5) is 0 Å². The molecular weight excluding hydrogens is 256 g/mol. The predicted octanol–water partition coefficient (Wildman–Crippen LogP) is 1.15. The molecule has 1 saturated heterocycles. The molecule has 0 aromatic heterocycles. The number of hydrogen-bond donors (Lipinski definition) is 2. The van der Waals surface area contributed by atoms with Gasteiger partial charge in [0.2, 0.25) is 5.91 Å². The molecule has 0 saturated carbocycles. The summed E-state index contributed by atoms with van der Waals surface area (Å²) in [5, 5.41) is 12.4. The first-order valence-electron chi connectivity index (χ1n) is 7.45. The SMILES string of the molecule is CCC(C)(C)NC(=O)C(C)N1CC(CO)OC(C)(C)C1. The van der Waals surface area contributed by atoms with Gasteiger partial charge in [-0.2, -0.15) is 0 Å². The van der Waals surface area contributed by atoms with Gasteiger partial charge in [0.1, 0.15) is 0 Å². The zero-order chi connectivity index (χ0) is 15.6. The van der Waals surface area contributed by atoms with E-state index in [0.29, 0.717) is 13.1 Å². The third-order valence-electron chi connectivity index (χ3n) is 3.98. The molecule has 0 aliphatic carbocycles. The predicted molar refractivity (Wildman–Crippen MR) is 79.6 cm³/mol. The molecule has 0 aromatic carbocycles. The van der Waals surface area contributed by atoms with Gasteiger partial charge in [0, 0.05) is 18.6 Å². The van der Waals surface area contributed by atoms with Gasteiger partial charge in [-0.1, -0.05) is 6.92 Å². The van der Waals surface area contributed by atoms with Gasteiger partial charge in [-0.3, -0.25) is 9.69 Å². The van der Waals surface area contributed by atoms with Gasteiger partial charge in [0.15, 0.2) is 0 Å². The highest BCUT2D eigenvalue weighted by atomic mass is 16.5. The molecular formula is C15H30N2O3. The molecule has 2 unspecified atom stereocenters. The molecule has 2 atom stereocenters. The van der Waals surface area contributed by atoms with Gasteiger partial charge >= 0.3 is 0 Å². The van der Waals surface area contributed by atoms with E-state index in [1.165, 1.54) is 0 Å². The van der Waals surface area contributed by atoms with Crippen LogP contribution in [0.3, 0.4) is 0 Å². The first-order valence-corrected chi connectivity index (χ1v) is 7.45. The Morgan fingerprint density at radius 3 is 2.65 bits per heavy atom. The average Bonchev–Trinajstić information content (AvgIpc) is 2.35. The number of carbonyl (C=O) groups excluding carboxylic acids is 1. The number of aliphatic hydroxyl groups excluding tert-OH is 1. The largest absolute Gasteiger partial charge is 0.394 e. The number of nitrogens with one attached hydrogen (secondary N) is 1. The highest BCUT2D eigenvalue weighted by molar-refractivity contribution is 5.82. The minimum absolute atomic E-state index is 0.0191. The van der Waals surface area contributed by atoms with E-state index >= 15 is 0 Å².